The van der Waals surface area contributed by atoms with Crippen LogP contribution < -0.4 is 5.32 Å². The molecule has 7 nitrogen and oxygen atoms in total. The molecule has 0 atom stereocenters. The number of ether oxygens (including phenoxy) is 1. The fourth-order valence-corrected chi connectivity index (χ4v) is 3.66. The van der Waals surface area contributed by atoms with Gasteiger partial charge in [0.25, 0.3) is 0 Å². The minimum absolute atomic E-state index is 0.0975. The Morgan fingerprint density at radius 3 is 2.91 bits per heavy atom. The first-order valence-corrected chi connectivity index (χ1v) is 8.32. The van der Waals surface area contributed by atoms with Gasteiger partial charge in [-0.05, 0) is 25.7 Å². The number of nitrogens with one attached hydrogen (secondary N) is 1. The molecule has 2 fully saturated rings. The van der Waals surface area contributed by atoms with Gasteiger partial charge in [0.05, 0.1) is 13.2 Å². The van der Waals surface area contributed by atoms with Crippen molar-refractivity contribution in [1.82, 2.24) is 19.7 Å². The Hall–Kier alpha value is -1.63. The predicted octanol–water partition coefficient (Wildman–Crippen LogP) is 1.65. The van der Waals surface area contributed by atoms with Crippen LogP contribution in [0.4, 0.5) is 10.7 Å². The molecule has 0 unspecified atom stereocenters. The molecular weight excluding hydrogens is 282 g/mol. The van der Waals surface area contributed by atoms with Gasteiger partial charge in [-0.1, -0.05) is 6.42 Å². The average Bonchev–Trinajstić information content (AvgIpc) is 2.74. The number of hydrogen-bond acceptors (Lipinski definition) is 4. The average molecular weight is 305 g/mol. The second-order valence-electron chi connectivity index (χ2n) is 6.79. The Bertz CT molecular complexity index is 543. The fourth-order valence-electron chi connectivity index (χ4n) is 3.66. The highest BCUT2D eigenvalue weighted by Gasteiger charge is 2.41. The van der Waals surface area contributed by atoms with E-state index in [1.807, 2.05) is 9.58 Å². The fraction of sp³-hybridized carbons (Fsp3) is 0.800. The first kappa shape index (κ1) is 14.0. The first-order valence-electron chi connectivity index (χ1n) is 8.32. The van der Waals surface area contributed by atoms with Crippen molar-refractivity contribution in [2.45, 2.75) is 45.1 Å². The second-order valence-corrected chi connectivity index (χ2v) is 6.79. The topological polar surface area (TPSA) is 72.3 Å². The van der Waals surface area contributed by atoms with Gasteiger partial charge in [0.1, 0.15) is 5.82 Å². The number of anilines is 1. The minimum atomic E-state index is -0.0975. The van der Waals surface area contributed by atoms with E-state index in [0.717, 1.165) is 57.6 Å². The molecule has 0 bridgehead atoms. The molecule has 1 spiro atoms. The molecule has 120 valence electrons. The van der Waals surface area contributed by atoms with Gasteiger partial charge in [0.15, 0.2) is 0 Å². The van der Waals surface area contributed by atoms with Gasteiger partial charge < -0.3 is 9.64 Å². The molecule has 4 rings (SSSR count). The molecule has 1 N–H and O–H groups in total. The number of nitrogens with zero attached hydrogens (tertiary/aromatic N) is 4. The Morgan fingerprint density at radius 1 is 1.23 bits per heavy atom. The van der Waals surface area contributed by atoms with Crippen molar-refractivity contribution >= 4 is 12.0 Å². The van der Waals surface area contributed by atoms with E-state index in [4.69, 9.17) is 4.74 Å². The summed E-state index contributed by atoms with van der Waals surface area (Å²) in [4.78, 5) is 18.8. The standard InChI is InChI=1S/C15H23N5O2/c21-14(17-13-16-12-4-1-2-7-20(12)18-13)19-8-9-22-11-15(10-19)5-3-6-15/h1-11H2,(H,17,18,21). The number of fused-ring (bicyclic) bond motifs is 1. The summed E-state index contributed by atoms with van der Waals surface area (Å²) in [5.74, 6) is 1.42. The van der Waals surface area contributed by atoms with Crippen LogP contribution in [0.15, 0.2) is 0 Å². The van der Waals surface area contributed by atoms with E-state index in [0.29, 0.717) is 19.1 Å². The van der Waals surface area contributed by atoms with Crippen LogP contribution >= 0.6 is 0 Å². The van der Waals surface area contributed by atoms with Crippen LogP contribution in [0, 0.1) is 5.41 Å². The monoisotopic (exact) mass is 305 g/mol. The van der Waals surface area contributed by atoms with Crippen LogP contribution in [0.3, 0.4) is 0 Å². The summed E-state index contributed by atoms with van der Waals surface area (Å²) in [6.07, 6.45) is 6.80. The maximum atomic E-state index is 12.5. The van der Waals surface area contributed by atoms with Crippen LogP contribution in [-0.4, -0.2) is 52.0 Å². The molecule has 1 aliphatic carbocycles. The van der Waals surface area contributed by atoms with Gasteiger partial charge in [0, 0.05) is 31.5 Å². The number of rotatable bonds is 1. The summed E-state index contributed by atoms with van der Waals surface area (Å²) in [7, 11) is 0. The molecule has 1 aromatic rings. The van der Waals surface area contributed by atoms with Crippen molar-refractivity contribution in [2.24, 2.45) is 5.41 Å². The normalized spacial score (nSPS) is 23.5. The summed E-state index contributed by atoms with van der Waals surface area (Å²) < 4.78 is 7.61. The number of amides is 2. The molecule has 7 heteroatoms. The molecule has 3 aliphatic rings. The highest BCUT2D eigenvalue weighted by molar-refractivity contribution is 5.87. The quantitative estimate of drug-likeness (QED) is 0.856. The third-order valence-corrected chi connectivity index (χ3v) is 5.13. The molecule has 0 radical (unpaired) electrons. The Morgan fingerprint density at radius 2 is 2.14 bits per heavy atom. The van der Waals surface area contributed by atoms with E-state index >= 15 is 0 Å². The Labute approximate surface area is 130 Å². The number of hydrogen-bond donors (Lipinski definition) is 1. The molecule has 1 saturated carbocycles. The predicted molar refractivity (Wildman–Crippen MR) is 80.7 cm³/mol. The molecule has 2 aliphatic heterocycles. The van der Waals surface area contributed by atoms with E-state index in [9.17, 15) is 4.79 Å². The summed E-state index contributed by atoms with van der Waals surface area (Å²) in [5, 5.41) is 7.27. The number of aryl methyl sites for hydroxylation is 2. The maximum Gasteiger partial charge on any atom is 0.324 e. The van der Waals surface area contributed by atoms with Gasteiger partial charge in [-0.25, -0.2) is 9.48 Å². The van der Waals surface area contributed by atoms with Crippen molar-refractivity contribution in [2.75, 3.05) is 31.6 Å². The minimum Gasteiger partial charge on any atom is -0.379 e. The van der Waals surface area contributed by atoms with Gasteiger partial charge in [-0.2, -0.15) is 4.98 Å². The molecule has 1 aromatic heterocycles. The highest BCUT2D eigenvalue weighted by atomic mass is 16.5. The molecule has 2 amide bonds. The van der Waals surface area contributed by atoms with Crippen LogP contribution in [-0.2, 0) is 17.7 Å². The summed E-state index contributed by atoms with van der Waals surface area (Å²) >= 11 is 0. The third-order valence-electron chi connectivity index (χ3n) is 5.13. The van der Waals surface area contributed by atoms with Crippen molar-refractivity contribution in [3.05, 3.63) is 5.82 Å². The zero-order chi connectivity index (χ0) is 15.0. The molecular formula is C15H23N5O2. The van der Waals surface area contributed by atoms with Crippen LogP contribution in [0.1, 0.15) is 37.9 Å². The number of aromatic nitrogens is 3. The summed E-state index contributed by atoms with van der Waals surface area (Å²) in [5.41, 5.74) is 0.189. The van der Waals surface area contributed by atoms with Gasteiger partial charge in [0.2, 0.25) is 5.95 Å². The molecule has 0 aromatic carbocycles. The molecule has 3 heterocycles. The number of carbonyl (C=O) groups excluding carboxylic acids is 1. The summed E-state index contributed by atoms with van der Waals surface area (Å²) in [6, 6.07) is -0.0975. The van der Waals surface area contributed by atoms with E-state index in [1.54, 1.807) is 0 Å². The highest BCUT2D eigenvalue weighted by Crippen LogP contribution is 2.42. The van der Waals surface area contributed by atoms with E-state index in [2.05, 4.69) is 15.4 Å². The lowest BCUT2D eigenvalue weighted by Crippen LogP contribution is -2.46. The lowest BCUT2D eigenvalue weighted by atomic mass is 9.69. The van der Waals surface area contributed by atoms with E-state index in [-0.39, 0.29) is 11.4 Å². The van der Waals surface area contributed by atoms with Crippen molar-refractivity contribution in [3.63, 3.8) is 0 Å². The lowest BCUT2D eigenvalue weighted by Gasteiger charge is -2.42. The SMILES string of the molecule is O=C(Nc1nc2n(n1)CCCC2)N1CCOCC2(CCC2)C1. The smallest absolute Gasteiger partial charge is 0.324 e. The van der Waals surface area contributed by atoms with Gasteiger partial charge in [-0.15, -0.1) is 5.10 Å². The Balaban J connectivity index is 1.43. The second kappa shape index (κ2) is 5.53. The van der Waals surface area contributed by atoms with Crippen molar-refractivity contribution in [3.8, 4) is 0 Å². The van der Waals surface area contributed by atoms with Crippen LogP contribution in [0.25, 0.3) is 0 Å². The zero-order valence-corrected chi connectivity index (χ0v) is 12.9. The largest absolute Gasteiger partial charge is 0.379 e. The lowest BCUT2D eigenvalue weighted by molar-refractivity contribution is 0.0130. The Kier molecular flexibility index (Phi) is 3.52. The zero-order valence-electron chi connectivity index (χ0n) is 12.9. The summed E-state index contributed by atoms with van der Waals surface area (Å²) in [6.45, 7) is 3.72. The van der Waals surface area contributed by atoms with Gasteiger partial charge in [-0.3, -0.25) is 5.32 Å². The molecule has 1 saturated heterocycles. The number of carbonyl (C=O) groups is 1. The van der Waals surface area contributed by atoms with E-state index in [1.165, 1.54) is 6.42 Å². The van der Waals surface area contributed by atoms with Crippen LogP contribution in [0.2, 0.25) is 0 Å². The van der Waals surface area contributed by atoms with Crippen molar-refractivity contribution < 1.29 is 9.53 Å². The first-order chi connectivity index (χ1) is 10.7. The molecule has 22 heavy (non-hydrogen) atoms. The van der Waals surface area contributed by atoms with Gasteiger partial charge >= 0.3 is 6.03 Å². The number of urea groups is 1. The third kappa shape index (κ3) is 2.58. The van der Waals surface area contributed by atoms with E-state index < -0.39 is 0 Å². The van der Waals surface area contributed by atoms with Crippen molar-refractivity contribution in [1.29, 1.82) is 0 Å². The maximum absolute atomic E-state index is 12.5. The van der Waals surface area contributed by atoms with Crippen LogP contribution in [0.5, 0.6) is 0 Å².